The normalized spacial score (nSPS) is 11.6. The number of ether oxygens (including phenoxy) is 10. The zero-order valence-corrected chi connectivity index (χ0v) is 40.5. The van der Waals surface area contributed by atoms with E-state index in [-0.39, 0.29) is 58.7 Å². The second-order valence-corrected chi connectivity index (χ2v) is 16.4. The molecule has 0 aliphatic rings. The lowest BCUT2D eigenvalue weighted by molar-refractivity contribution is -0.0287. The molecule has 0 aliphatic heterocycles. The van der Waals surface area contributed by atoms with Crippen LogP contribution in [-0.4, -0.2) is 181 Å². The molecule has 0 aliphatic carbocycles. The molecular weight excluding hydrogens is 909 g/mol. The fourth-order valence-corrected chi connectivity index (χ4v) is 6.33. The highest BCUT2D eigenvalue weighted by Gasteiger charge is 2.34. The Hall–Kier alpha value is -5.98. The second kappa shape index (κ2) is 32.8. The Morgan fingerprint density at radius 3 is 1.83 bits per heavy atom. The highest BCUT2D eigenvalue weighted by molar-refractivity contribution is 6.07. The monoisotopic (exact) mass is 976 g/mol. The Bertz CT molecular complexity index is 2220. The Balaban J connectivity index is 1.04. The van der Waals surface area contributed by atoms with Crippen molar-refractivity contribution in [2.45, 2.75) is 45.1 Å². The summed E-state index contributed by atoms with van der Waals surface area (Å²) in [4.78, 5) is 42.4. The molecule has 4 rings (SSSR count). The molecule has 0 saturated heterocycles. The molecule has 4 N–H and O–H groups in total. The lowest BCUT2D eigenvalue weighted by atomic mass is 10.0. The Morgan fingerprint density at radius 1 is 0.643 bits per heavy atom. The average molecular weight is 977 g/mol. The number of terminal acetylenes is 2. The minimum Gasteiger partial charge on any atom is -0.444 e. The van der Waals surface area contributed by atoms with Gasteiger partial charge in [0.25, 0.3) is 5.91 Å². The maximum atomic E-state index is 13.1. The van der Waals surface area contributed by atoms with Gasteiger partial charge in [-0.15, -0.1) is 17.9 Å². The third kappa shape index (κ3) is 23.1. The lowest BCUT2D eigenvalue weighted by Gasteiger charge is -2.33. The van der Waals surface area contributed by atoms with Gasteiger partial charge < -0.3 is 68.6 Å². The highest BCUT2D eigenvalue weighted by atomic mass is 16.6. The van der Waals surface area contributed by atoms with E-state index in [9.17, 15) is 14.4 Å². The summed E-state index contributed by atoms with van der Waals surface area (Å²) in [5.74, 6) is 4.62. The summed E-state index contributed by atoms with van der Waals surface area (Å²) >= 11 is 0. The number of hydrogen-bond donors (Lipinski definition) is 4. The molecule has 0 bridgehead atoms. The van der Waals surface area contributed by atoms with Gasteiger partial charge in [0.2, 0.25) is 0 Å². The summed E-state index contributed by atoms with van der Waals surface area (Å²) in [7, 11) is 0. The van der Waals surface area contributed by atoms with E-state index in [4.69, 9.17) is 65.2 Å². The van der Waals surface area contributed by atoms with Crippen LogP contribution in [-0.2, 0) is 60.5 Å². The van der Waals surface area contributed by atoms with Gasteiger partial charge in [0.1, 0.15) is 30.0 Å². The first-order valence-corrected chi connectivity index (χ1v) is 23.1. The van der Waals surface area contributed by atoms with Gasteiger partial charge in [0.05, 0.1) is 135 Å². The molecule has 2 heterocycles. The van der Waals surface area contributed by atoms with Crippen molar-refractivity contribution in [1.29, 1.82) is 0 Å². The van der Waals surface area contributed by atoms with E-state index in [0.29, 0.717) is 109 Å². The summed E-state index contributed by atoms with van der Waals surface area (Å²) < 4.78 is 57.5. The predicted octanol–water partition coefficient (Wildman–Crippen LogP) is 2.89. The van der Waals surface area contributed by atoms with Crippen molar-refractivity contribution in [1.82, 2.24) is 41.2 Å². The molecule has 0 radical (unpaired) electrons. The average Bonchev–Trinajstić information content (AvgIpc) is 3.79. The minimum atomic E-state index is -1.17. The van der Waals surface area contributed by atoms with Crippen molar-refractivity contribution < 1.29 is 61.8 Å². The van der Waals surface area contributed by atoms with Crippen LogP contribution < -0.4 is 21.3 Å². The first-order valence-electron chi connectivity index (χ1n) is 23.1. The summed E-state index contributed by atoms with van der Waals surface area (Å²) in [6.07, 6.45) is 12.1. The van der Waals surface area contributed by atoms with E-state index < -0.39 is 23.3 Å². The van der Waals surface area contributed by atoms with E-state index in [1.165, 1.54) is 0 Å². The third-order valence-electron chi connectivity index (χ3n) is 9.44. The molecule has 2 aromatic heterocycles. The number of amides is 4. The number of pyridine rings is 1. The van der Waals surface area contributed by atoms with Gasteiger partial charge in [0, 0.05) is 30.4 Å². The van der Waals surface area contributed by atoms with Gasteiger partial charge in [0.15, 0.2) is 0 Å². The van der Waals surface area contributed by atoms with Gasteiger partial charge in [-0.3, -0.25) is 4.79 Å². The third-order valence-corrected chi connectivity index (χ3v) is 9.44. The number of urea groups is 1. The van der Waals surface area contributed by atoms with Crippen molar-refractivity contribution in [2.75, 3.05) is 132 Å². The summed E-state index contributed by atoms with van der Waals surface area (Å²) in [6, 6.07) is 14.9. The van der Waals surface area contributed by atoms with Gasteiger partial charge >= 0.3 is 12.1 Å². The van der Waals surface area contributed by atoms with Crippen molar-refractivity contribution >= 4 is 39.8 Å². The Morgan fingerprint density at radius 2 is 1.20 bits per heavy atom. The van der Waals surface area contributed by atoms with Crippen LogP contribution in [0, 0.1) is 24.7 Å². The number of nitrogens with zero attached hydrogens (tertiary/aromatic N) is 4. The first kappa shape index (κ1) is 56.6. The van der Waals surface area contributed by atoms with Crippen molar-refractivity contribution in [3.8, 4) is 24.7 Å². The zero-order valence-electron chi connectivity index (χ0n) is 40.5. The molecule has 2 aromatic carbocycles. The molecular formula is C49H68N8O13. The van der Waals surface area contributed by atoms with Crippen molar-refractivity contribution in [3.63, 3.8) is 0 Å². The van der Waals surface area contributed by atoms with Gasteiger partial charge in [-0.1, -0.05) is 47.4 Å². The van der Waals surface area contributed by atoms with Gasteiger partial charge in [-0.25, -0.2) is 19.3 Å². The Labute approximate surface area is 409 Å². The second-order valence-electron chi connectivity index (χ2n) is 16.4. The van der Waals surface area contributed by atoms with Crippen LogP contribution in [0.4, 0.5) is 9.59 Å². The van der Waals surface area contributed by atoms with Crippen LogP contribution in [0.1, 0.15) is 36.8 Å². The fourth-order valence-electron chi connectivity index (χ4n) is 6.33. The van der Waals surface area contributed by atoms with Crippen LogP contribution in [0.15, 0.2) is 54.7 Å². The van der Waals surface area contributed by atoms with E-state index in [1.807, 2.05) is 42.5 Å². The number of aromatic nitrogens is 4. The minimum absolute atomic E-state index is 0.00315. The molecule has 0 saturated carbocycles. The lowest BCUT2D eigenvalue weighted by Crippen LogP contribution is -2.60. The number of rotatable bonds is 36. The first-order chi connectivity index (χ1) is 34.0. The number of fused-ring (bicyclic) bond motifs is 2. The Kier molecular flexibility index (Phi) is 26.5. The van der Waals surface area contributed by atoms with E-state index in [2.05, 4.69) is 43.4 Å². The number of benzene rings is 2. The van der Waals surface area contributed by atoms with E-state index >= 15 is 0 Å². The van der Waals surface area contributed by atoms with Crippen LogP contribution in [0.5, 0.6) is 0 Å². The molecule has 0 fully saturated rings. The number of hydrogen-bond acceptors (Lipinski definition) is 16. The molecule has 382 valence electrons. The number of nitrogens with one attached hydrogen (secondary N) is 4. The van der Waals surface area contributed by atoms with Crippen molar-refractivity contribution in [3.05, 3.63) is 66.0 Å². The van der Waals surface area contributed by atoms with E-state index in [1.54, 1.807) is 37.7 Å². The van der Waals surface area contributed by atoms with Gasteiger partial charge in [-0.2, -0.15) is 0 Å². The quantitative estimate of drug-likeness (QED) is 0.0291. The number of alkyl carbamates (subject to hydrolysis) is 1. The summed E-state index contributed by atoms with van der Waals surface area (Å²) in [5.41, 5.74) is 0.831. The van der Waals surface area contributed by atoms with Crippen LogP contribution >= 0.6 is 0 Å². The molecule has 21 heteroatoms. The predicted molar refractivity (Wildman–Crippen MR) is 259 cm³/mol. The zero-order chi connectivity index (χ0) is 50.1. The summed E-state index contributed by atoms with van der Waals surface area (Å²) in [6.45, 7) is 10.8. The van der Waals surface area contributed by atoms with Crippen LogP contribution in [0.3, 0.4) is 0 Å². The number of para-hydroxylation sites is 2. The molecule has 4 aromatic rings. The maximum absolute atomic E-state index is 13.1. The molecule has 21 nitrogen and oxygen atoms in total. The number of carbonyl (C=O) groups excluding carboxylic acids is 3. The SMILES string of the molecule is C#CCOCC(COCC#C)(COCc1cn(CCOCCOCCOCCNC(=O)OC(C)(C)C)nn1)NC(=O)NCCOCCOCCOCCNC(=O)c1cccc2cc3ccccc3nc12. The van der Waals surface area contributed by atoms with Crippen LogP contribution in [0.2, 0.25) is 0 Å². The molecule has 0 unspecified atom stereocenters. The van der Waals surface area contributed by atoms with E-state index in [0.717, 1.165) is 16.3 Å². The molecule has 70 heavy (non-hydrogen) atoms. The summed E-state index contributed by atoms with van der Waals surface area (Å²) in [5, 5.41) is 21.4. The maximum Gasteiger partial charge on any atom is 0.407 e. The smallest absolute Gasteiger partial charge is 0.407 e. The molecule has 4 amide bonds. The molecule has 0 spiro atoms. The standard InChI is InChI=1S/C49H68N8O13/c1-6-19-67-36-49(37-68-20-7-2,38-69-35-41-34-57(56-55-41)18-24-64-28-32-66-31-27-63-23-17-52-47(60)70-48(3,4)5)54-46(59)51-16-22-62-26-30-65-29-25-61-21-15-50-45(58)42-13-10-12-40-33-39-11-8-9-14-43(39)53-44(40)42/h1-2,8-14,33-34H,15-32,35-38H2,3-5H3,(H,50,58)(H,52,60)(H2,51,54,59). The molecule has 0 atom stereocenters. The highest BCUT2D eigenvalue weighted by Crippen LogP contribution is 2.22. The fraction of sp³-hybridized carbons (Fsp3) is 0.551. The van der Waals surface area contributed by atoms with Gasteiger partial charge in [-0.05, 0) is 39.0 Å². The largest absolute Gasteiger partial charge is 0.444 e. The van der Waals surface area contributed by atoms with Crippen molar-refractivity contribution in [2.24, 2.45) is 0 Å². The topological polar surface area (TPSA) is 235 Å². The number of carbonyl (C=O) groups is 3. The van der Waals surface area contributed by atoms with Crippen LogP contribution in [0.25, 0.3) is 21.8 Å².